The second-order valence-corrected chi connectivity index (χ2v) is 6.27. The Hall–Kier alpha value is -1.50. The summed E-state index contributed by atoms with van der Waals surface area (Å²) in [5.41, 5.74) is 0. The molecule has 6 nitrogen and oxygen atoms in total. The summed E-state index contributed by atoms with van der Waals surface area (Å²) in [5, 5.41) is 15.0. The molecule has 1 atom stereocenters. The van der Waals surface area contributed by atoms with E-state index in [1.54, 1.807) is 0 Å². The van der Waals surface area contributed by atoms with Gasteiger partial charge in [0.2, 0.25) is 0 Å². The van der Waals surface area contributed by atoms with Crippen molar-refractivity contribution in [2.75, 3.05) is 18.1 Å². The van der Waals surface area contributed by atoms with Crippen LogP contribution in [-0.2, 0) is 13.6 Å². The monoisotopic (exact) mass is 308 g/mol. The quantitative estimate of drug-likeness (QED) is 0.487. The smallest absolute Gasteiger partial charge is 0.192 e. The maximum atomic E-state index is 4.61. The maximum Gasteiger partial charge on any atom is 0.192 e. The molecule has 0 amide bonds. The van der Waals surface area contributed by atoms with Crippen molar-refractivity contribution in [3.05, 3.63) is 24.3 Å². The van der Waals surface area contributed by atoms with Crippen LogP contribution >= 0.6 is 11.8 Å². The van der Waals surface area contributed by atoms with Gasteiger partial charge in [0.05, 0.1) is 0 Å². The predicted molar refractivity (Wildman–Crippen MR) is 88.6 cm³/mol. The van der Waals surface area contributed by atoms with Crippen molar-refractivity contribution >= 4 is 17.7 Å². The van der Waals surface area contributed by atoms with E-state index in [0.717, 1.165) is 23.4 Å². The summed E-state index contributed by atoms with van der Waals surface area (Å²) in [6.45, 7) is 6.89. The summed E-state index contributed by atoms with van der Waals surface area (Å²) in [4.78, 5) is 4.61. The molecule has 0 saturated carbocycles. The van der Waals surface area contributed by atoms with Crippen LogP contribution in [0.1, 0.15) is 24.5 Å². The Balaban J connectivity index is 1.98. The summed E-state index contributed by atoms with van der Waals surface area (Å²) < 4.78 is 1.96. The number of aromatic nitrogens is 3. The summed E-state index contributed by atoms with van der Waals surface area (Å²) in [6.07, 6.45) is 4.30. The molecule has 21 heavy (non-hydrogen) atoms. The molecule has 1 aromatic heterocycles. The minimum absolute atomic E-state index is 0.487. The highest BCUT2D eigenvalue weighted by Crippen LogP contribution is 2.16. The van der Waals surface area contributed by atoms with Gasteiger partial charge in [0, 0.05) is 25.4 Å². The van der Waals surface area contributed by atoms with Gasteiger partial charge in [0.15, 0.2) is 11.8 Å². The number of aryl methyl sites for hydroxylation is 1. The highest BCUT2D eigenvalue weighted by Gasteiger charge is 2.15. The Morgan fingerprint density at radius 2 is 2.43 bits per heavy atom. The topological polar surface area (TPSA) is 67.1 Å². The van der Waals surface area contributed by atoms with Crippen molar-refractivity contribution in [2.24, 2.45) is 12.0 Å². The largest absolute Gasteiger partial charge is 0.353 e. The van der Waals surface area contributed by atoms with Crippen LogP contribution in [-0.4, -0.2) is 44.8 Å². The molecule has 1 fully saturated rings. The average Bonchev–Trinajstić information content (AvgIpc) is 2.83. The van der Waals surface area contributed by atoms with E-state index in [1.165, 1.54) is 18.6 Å². The molecule has 7 heteroatoms. The van der Waals surface area contributed by atoms with Gasteiger partial charge in [-0.3, -0.25) is 0 Å². The van der Waals surface area contributed by atoms with Crippen LogP contribution in [0.3, 0.4) is 0 Å². The van der Waals surface area contributed by atoms with Crippen LogP contribution in [0, 0.1) is 6.92 Å². The zero-order valence-corrected chi connectivity index (χ0v) is 13.6. The third-order valence-electron chi connectivity index (χ3n) is 3.48. The minimum atomic E-state index is 0.487. The van der Waals surface area contributed by atoms with Gasteiger partial charge >= 0.3 is 0 Å². The predicted octanol–water partition coefficient (Wildman–Crippen LogP) is 1.24. The Morgan fingerprint density at radius 1 is 1.57 bits per heavy atom. The van der Waals surface area contributed by atoms with Gasteiger partial charge in [-0.1, -0.05) is 6.08 Å². The molecule has 1 aliphatic rings. The number of guanidine groups is 1. The standard InChI is InChI=1S/C14H24N6S/c1-4-7-15-14(17-12-6-5-8-21-10-12)16-9-13-19-18-11(2)20(13)3/h4,12H,1,5-10H2,2-3H3,(H2,15,16,17). The fourth-order valence-electron chi connectivity index (χ4n) is 2.11. The van der Waals surface area contributed by atoms with Crippen LogP contribution in [0.2, 0.25) is 0 Å². The lowest BCUT2D eigenvalue weighted by atomic mass is 10.2. The molecule has 0 spiro atoms. The van der Waals surface area contributed by atoms with E-state index in [2.05, 4.69) is 32.4 Å². The highest BCUT2D eigenvalue weighted by molar-refractivity contribution is 7.99. The molecule has 1 unspecified atom stereocenters. The van der Waals surface area contributed by atoms with E-state index in [0.29, 0.717) is 19.1 Å². The van der Waals surface area contributed by atoms with E-state index in [1.807, 2.05) is 36.4 Å². The Labute approximate surface area is 130 Å². The maximum absolute atomic E-state index is 4.61. The Morgan fingerprint density at radius 3 is 3.05 bits per heavy atom. The number of hydrogen-bond acceptors (Lipinski definition) is 4. The second kappa shape index (κ2) is 8.07. The van der Waals surface area contributed by atoms with Crippen LogP contribution in [0.4, 0.5) is 0 Å². The number of nitrogens with one attached hydrogen (secondary N) is 2. The number of aliphatic imine (C=N–C) groups is 1. The summed E-state index contributed by atoms with van der Waals surface area (Å²) in [5.74, 6) is 4.99. The molecule has 0 radical (unpaired) electrons. The van der Waals surface area contributed by atoms with Crippen LogP contribution < -0.4 is 10.6 Å². The van der Waals surface area contributed by atoms with E-state index >= 15 is 0 Å². The second-order valence-electron chi connectivity index (χ2n) is 5.12. The molecule has 1 aromatic rings. The third kappa shape index (κ3) is 4.77. The van der Waals surface area contributed by atoms with Crippen molar-refractivity contribution < 1.29 is 0 Å². The van der Waals surface area contributed by atoms with E-state index < -0.39 is 0 Å². The van der Waals surface area contributed by atoms with Crippen molar-refractivity contribution in [1.82, 2.24) is 25.4 Å². The van der Waals surface area contributed by atoms with Crippen LogP contribution in [0.25, 0.3) is 0 Å². The van der Waals surface area contributed by atoms with Crippen LogP contribution in [0.15, 0.2) is 17.6 Å². The molecule has 1 aliphatic heterocycles. The van der Waals surface area contributed by atoms with E-state index in [4.69, 9.17) is 0 Å². The summed E-state index contributed by atoms with van der Waals surface area (Å²) >= 11 is 2.00. The van der Waals surface area contributed by atoms with Gasteiger partial charge in [0.1, 0.15) is 12.4 Å². The molecule has 116 valence electrons. The number of nitrogens with zero attached hydrogens (tertiary/aromatic N) is 4. The van der Waals surface area contributed by atoms with Gasteiger partial charge in [-0.05, 0) is 25.5 Å². The Kier molecular flexibility index (Phi) is 6.10. The fraction of sp³-hybridized carbons (Fsp3) is 0.643. The normalized spacial score (nSPS) is 19.3. The van der Waals surface area contributed by atoms with Gasteiger partial charge in [-0.2, -0.15) is 11.8 Å². The van der Waals surface area contributed by atoms with Gasteiger partial charge < -0.3 is 15.2 Å². The number of hydrogen-bond donors (Lipinski definition) is 2. The van der Waals surface area contributed by atoms with Crippen molar-refractivity contribution in [2.45, 2.75) is 32.4 Å². The fourth-order valence-corrected chi connectivity index (χ4v) is 3.18. The van der Waals surface area contributed by atoms with Crippen molar-refractivity contribution in [3.63, 3.8) is 0 Å². The molecule has 2 heterocycles. The molecule has 0 aromatic carbocycles. The molecule has 2 rings (SSSR count). The van der Waals surface area contributed by atoms with E-state index in [9.17, 15) is 0 Å². The van der Waals surface area contributed by atoms with Gasteiger partial charge in [0.25, 0.3) is 0 Å². The van der Waals surface area contributed by atoms with Crippen molar-refractivity contribution in [1.29, 1.82) is 0 Å². The Bertz CT molecular complexity index is 490. The van der Waals surface area contributed by atoms with Crippen molar-refractivity contribution in [3.8, 4) is 0 Å². The zero-order valence-electron chi connectivity index (χ0n) is 12.8. The first kappa shape index (κ1) is 15.9. The molecule has 1 saturated heterocycles. The third-order valence-corrected chi connectivity index (χ3v) is 4.69. The lowest BCUT2D eigenvalue weighted by Crippen LogP contribution is -2.45. The molecule has 0 bridgehead atoms. The first-order valence-corrected chi connectivity index (χ1v) is 8.44. The van der Waals surface area contributed by atoms with Gasteiger partial charge in [-0.15, -0.1) is 16.8 Å². The first-order chi connectivity index (χ1) is 10.2. The number of thioether (sulfide) groups is 1. The zero-order chi connectivity index (χ0) is 15.1. The van der Waals surface area contributed by atoms with E-state index in [-0.39, 0.29) is 0 Å². The highest BCUT2D eigenvalue weighted by atomic mass is 32.2. The van der Waals surface area contributed by atoms with Gasteiger partial charge in [-0.25, -0.2) is 4.99 Å². The SMILES string of the molecule is C=CCNC(=NCc1nnc(C)n1C)NC1CCCSC1. The average molecular weight is 308 g/mol. The summed E-state index contributed by atoms with van der Waals surface area (Å²) in [6, 6.07) is 0.487. The summed E-state index contributed by atoms with van der Waals surface area (Å²) in [7, 11) is 1.96. The molecular weight excluding hydrogens is 284 g/mol. The number of rotatable bonds is 5. The molecule has 0 aliphatic carbocycles. The minimum Gasteiger partial charge on any atom is -0.353 e. The lowest BCUT2D eigenvalue weighted by Gasteiger charge is -2.24. The first-order valence-electron chi connectivity index (χ1n) is 7.29. The molecule has 2 N–H and O–H groups in total. The molecular formula is C14H24N6S. The lowest BCUT2D eigenvalue weighted by molar-refractivity contribution is 0.582. The van der Waals surface area contributed by atoms with Crippen LogP contribution in [0.5, 0.6) is 0 Å².